The molecule has 0 saturated carbocycles. The van der Waals surface area contributed by atoms with Gasteiger partial charge in [0.15, 0.2) is 5.41 Å². The Labute approximate surface area is 127 Å². The first-order valence-electron chi connectivity index (χ1n) is 6.20. The van der Waals surface area contributed by atoms with Crippen LogP contribution in [0.3, 0.4) is 0 Å². The van der Waals surface area contributed by atoms with Crippen molar-refractivity contribution in [3.63, 3.8) is 0 Å². The van der Waals surface area contributed by atoms with Crippen LogP contribution in [0.4, 0.5) is 18.9 Å². The van der Waals surface area contributed by atoms with Gasteiger partial charge in [-0.2, -0.15) is 8.78 Å². The van der Waals surface area contributed by atoms with E-state index in [1.165, 1.54) is 13.1 Å². The minimum absolute atomic E-state index is 0.0565. The van der Waals surface area contributed by atoms with Crippen LogP contribution in [0.15, 0.2) is 29.2 Å². The molecular formula is C14H10F3NO3S. The Morgan fingerprint density at radius 1 is 1.36 bits per heavy atom. The minimum Gasteiger partial charge on any atom is -0.466 e. The molecule has 3 rings (SSSR count). The first kappa shape index (κ1) is 15.0. The van der Waals surface area contributed by atoms with Crippen LogP contribution in [-0.2, 0) is 19.7 Å². The molecule has 2 aliphatic heterocycles. The summed E-state index contributed by atoms with van der Waals surface area (Å²) in [5.41, 5.74) is -3.13. The number of anilines is 1. The van der Waals surface area contributed by atoms with Crippen LogP contribution in [0.5, 0.6) is 0 Å². The predicted molar refractivity (Wildman–Crippen MR) is 74.1 cm³/mol. The van der Waals surface area contributed by atoms with Crippen molar-refractivity contribution in [2.75, 3.05) is 19.1 Å². The Kier molecular flexibility index (Phi) is 3.07. The second-order valence-electron chi connectivity index (χ2n) is 4.93. The summed E-state index contributed by atoms with van der Waals surface area (Å²) in [5.74, 6) is -2.79. The van der Waals surface area contributed by atoms with Crippen molar-refractivity contribution in [3.8, 4) is 0 Å². The number of methoxy groups -OCH3 is 1. The summed E-state index contributed by atoms with van der Waals surface area (Å²) in [7, 11) is 2.34. The van der Waals surface area contributed by atoms with Crippen LogP contribution < -0.4 is 4.90 Å². The zero-order chi connectivity index (χ0) is 16.3. The number of esters is 1. The number of nitrogens with zero attached hydrogens (tertiary/aromatic N) is 1. The summed E-state index contributed by atoms with van der Waals surface area (Å²) in [5, 5.41) is -2.71. The predicted octanol–water partition coefficient (Wildman–Crippen LogP) is 2.44. The third-order valence-electron chi connectivity index (χ3n) is 3.92. The average molecular weight is 329 g/mol. The van der Waals surface area contributed by atoms with Crippen molar-refractivity contribution in [2.45, 2.75) is 10.7 Å². The average Bonchev–Trinajstić information content (AvgIpc) is 2.87. The van der Waals surface area contributed by atoms with E-state index in [0.717, 1.165) is 29.6 Å². The molecule has 8 heteroatoms. The Morgan fingerprint density at radius 3 is 2.68 bits per heavy atom. The van der Waals surface area contributed by atoms with Crippen molar-refractivity contribution >= 4 is 29.3 Å². The van der Waals surface area contributed by atoms with Crippen molar-refractivity contribution in [1.82, 2.24) is 0 Å². The quantitative estimate of drug-likeness (QED) is 0.743. The Balaban J connectivity index is 2.36. The van der Waals surface area contributed by atoms with Gasteiger partial charge in [0.1, 0.15) is 5.82 Å². The van der Waals surface area contributed by atoms with Crippen LogP contribution in [0, 0.1) is 5.82 Å². The van der Waals surface area contributed by atoms with Gasteiger partial charge in [-0.1, -0.05) is 11.8 Å². The second-order valence-corrected chi connectivity index (χ2v) is 5.92. The molecule has 1 amide bonds. The topological polar surface area (TPSA) is 46.6 Å². The van der Waals surface area contributed by atoms with Crippen LogP contribution >= 0.6 is 11.8 Å². The number of carbonyl (C=O) groups is 2. The van der Waals surface area contributed by atoms with Gasteiger partial charge in [-0.25, -0.2) is 9.18 Å². The van der Waals surface area contributed by atoms with Gasteiger partial charge in [-0.15, -0.1) is 0 Å². The van der Waals surface area contributed by atoms with Gasteiger partial charge >= 0.3 is 11.2 Å². The molecule has 0 aliphatic carbocycles. The van der Waals surface area contributed by atoms with E-state index in [2.05, 4.69) is 4.74 Å². The van der Waals surface area contributed by atoms with E-state index in [1.54, 1.807) is 0 Å². The molecule has 0 aromatic heterocycles. The number of rotatable bonds is 1. The van der Waals surface area contributed by atoms with Gasteiger partial charge in [0, 0.05) is 18.3 Å². The minimum atomic E-state index is -3.62. The lowest BCUT2D eigenvalue weighted by molar-refractivity contribution is -0.141. The molecule has 0 bridgehead atoms. The molecular weight excluding hydrogens is 319 g/mol. The Morgan fingerprint density at radius 2 is 2.05 bits per heavy atom. The van der Waals surface area contributed by atoms with E-state index in [9.17, 15) is 22.8 Å². The number of thioether (sulfide) groups is 1. The lowest BCUT2D eigenvalue weighted by Gasteiger charge is -2.30. The van der Waals surface area contributed by atoms with Gasteiger partial charge in [-0.05, 0) is 23.6 Å². The van der Waals surface area contributed by atoms with E-state index >= 15 is 0 Å². The number of benzene rings is 1. The molecule has 1 aromatic rings. The summed E-state index contributed by atoms with van der Waals surface area (Å²) in [6.07, 6.45) is 0. The number of fused-ring (bicyclic) bond motifs is 2. The molecule has 4 nitrogen and oxygen atoms in total. The maximum Gasteiger partial charge on any atom is 0.335 e. The molecule has 0 radical (unpaired) electrons. The van der Waals surface area contributed by atoms with Crippen molar-refractivity contribution in [2.24, 2.45) is 0 Å². The van der Waals surface area contributed by atoms with E-state index in [1.807, 2.05) is 0 Å². The fourth-order valence-electron chi connectivity index (χ4n) is 2.90. The summed E-state index contributed by atoms with van der Waals surface area (Å²) in [4.78, 5) is 25.5. The summed E-state index contributed by atoms with van der Waals surface area (Å²) in [6, 6.07) is 3.18. The first-order chi connectivity index (χ1) is 10.3. The fraction of sp³-hybridized carbons (Fsp3) is 0.286. The molecule has 1 unspecified atom stereocenters. The SMILES string of the molecule is COC(=O)C1=CSC(F)(F)C12C(=O)N(C)c1ccc(F)cc12. The van der Waals surface area contributed by atoms with Gasteiger partial charge in [0.2, 0.25) is 5.91 Å². The molecule has 22 heavy (non-hydrogen) atoms. The molecule has 1 aromatic carbocycles. The van der Waals surface area contributed by atoms with Crippen LogP contribution in [0.25, 0.3) is 0 Å². The molecule has 0 fully saturated rings. The number of hydrogen-bond donors (Lipinski definition) is 0. The van der Waals surface area contributed by atoms with E-state index in [0.29, 0.717) is 0 Å². The molecule has 0 saturated heterocycles. The number of hydrogen-bond acceptors (Lipinski definition) is 4. The molecule has 2 aliphatic rings. The lowest BCUT2D eigenvalue weighted by Crippen LogP contribution is -2.51. The third kappa shape index (κ3) is 1.55. The van der Waals surface area contributed by atoms with Crippen molar-refractivity contribution in [3.05, 3.63) is 40.6 Å². The highest BCUT2D eigenvalue weighted by atomic mass is 32.2. The van der Waals surface area contributed by atoms with Gasteiger partial charge in [-0.3, -0.25) is 4.79 Å². The number of carbonyl (C=O) groups excluding carboxylic acids is 2. The number of likely N-dealkylation sites (N-methyl/N-ethyl adjacent to an activating group) is 1. The highest BCUT2D eigenvalue weighted by molar-refractivity contribution is 8.03. The molecule has 0 N–H and O–H groups in total. The smallest absolute Gasteiger partial charge is 0.335 e. The Hall–Kier alpha value is -1.96. The maximum atomic E-state index is 14.6. The summed E-state index contributed by atoms with van der Waals surface area (Å²) in [6.45, 7) is 0. The van der Waals surface area contributed by atoms with E-state index in [4.69, 9.17) is 0 Å². The van der Waals surface area contributed by atoms with Crippen molar-refractivity contribution in [1.29, 1.82) is 0 Å². The highest BCUT2D eigenvalue weighted by Gasteiger charge is 2.72. The fourth-order valence-corrected chi connectivity index (χ4v) is 3.92. The van der Waals surface area contributed by atoms with Crippen molar-refractivity contribution < 1.29 is 27.5 Å². The standard InChI is InChI=1S/C14H10F3NO3S/c1-18-10-4-3-7(15)5-8(10)13(12(18)20)9(11(19)21-2)6-22-14(13,16)17/h3-6H,1-2H3. The molecule has 2 heterocycles. The number of halogens is 3. The number of amides is 1. The Bertz CT molecular complexity index is 734. The summed E-state index contributed by atoms with van der Waals surface area (Å²) >= 11 is 0.0565. The van der Waals surface area contributed by atoms with E-state index < -0.39 is 33.9 Å². The molecule has 1 spiro atoms. The highest BCUT2D eigenvalue weighted by Crippen LogP contribution is 2.62. The van der Waals surface area contributed by atoms with Gasteiger partial charge < -0.3 is 9.64 Å². The number of ether oxygens (including phenoxy) is 1. The third-order valence-corrected chi connectivity index (χ3v) is 4.88. The summed E-state index contributed by atoms with van der Waals surface area (Å²) < 4.78 is 47.4. The largest absolute Gasteiger partial charge is 0.466 e. The number of alkyl halides is 2. The second kappa shape index (κ2) is 4.52. The van der Waals surface area contributed by atoms with Crippen LogP contribution in [0.1, 0.15) is 5.56 Å². The van der Waals surface area contributed by atoms with Crippen LogP contribution in [0.2, 0.25) is 0 Å². The zero-order valence-corrected chi connectivity index (χ0v) is 12.3. The lowest BCUT2D eigenvalue weighted by atomic mass is 9.75. The molecule has 116 valence electrons. The van der Waals surface area contributed by atoms with E-state index in [-0.39, 0.29) is 23.0 Å². The van der Waals surface area contributed by atoms with Gasteiger partial charge in [0.05, 0.1) is 12.7 Å². The van der Waals surface area contributed by atoms with Gasteiger partial charge in [0.25, 0.3) is 0 Å². The van der Waals surface area contributed by atoms with Crippen LogP contribution in [-0.4, -0.2) is 31.3 Å². The normalized spacial score (nSPS) is 25.4. The molecule has 1 atom stereocenters. The zero-order valence-electron chi connectivity index (χ0n) is 11.5. The first-order valence-corrected chi connectivity index (χ1v) is 7.08. The maximum absolute atomic E-state index is 14.6. The monoisotopic (exact) mass is 329 g/mol.